The minimum Gasteiger partial charge on any atom is -0.390 e. The van der Waals surface area contributed by atoms with Gasteiger partial charge in [-0.1, -0.05) is 24.6 Å². The van der Waals surface area contributed by atoms with Crippen molar-refractivity contribution in [2.45, 2.75) is 38.0 Å². The smallest absolute Gasteiger partial charge is 0.390 e. The highest BCUT2D eigenvalue weighted by atomic mass is 19.4. The van der Waals surface area contributed by atoms with E-state index >= 15 is 0 Å². The molecule has 0 unspecified atom stereocenters. The van der Waals surface area contributed by atoms with Gasteiger partial charge in [-0.25, -0.2) is 4.98 Å². The number of aromatic nitrogens is 6. The van der Waals surface area contributed by atoms with Gasteiger partial charge in [0.05, 0.1) is 17.8 Å². The number of aromatic amines is 1. The van der Waals surface area contributed by atoms with Gasteiger partial charge in [0.25, 0.3) is 0 Å². The molecule has 5 rings (SSSR count). The largest absolute Gasteiger partial charge is 0.433 e. The van der Waals surface area contributed by atoms with Gasteiger partial charge in [-0.2, -0.15) is 18.3 Å². The first-order chi connectivity index (χ1) is 15.4. The fourth-order valence-electron chi connectivity index (χ4n) is 4.42. The Morgan fingerprint density at radius 2 is 2.06 bits per heavy atom. The van der Waals surface area contributed by atoms with Gasteiger partial charge < -0.3 is 9.67 Å². The lowest BCUT2D eigenvalue weighted by molar-refractivity contribution is -0.141. The van der Waals surface area contributed by atoms with Gasteiger partial charge in [-0.3, -0.25) is 5.10 Å². The molecule has 1 aliphatic rings. The molecular weight excluding hydrogens is 421 g/mol. The Bertz CT molecular complexity index is 1270. The summed E-state index contributed by atoms with van der Waals surface area (Å²) >= 11 is 0. The molecule has 0 aliphatic heterocycles. The topological polar surface area (TPSA) is 92.5 Å². The maximum Gasteiger partial charge on any atom is 0.433 e. The number of H-pyrrole nitrogens is 1. The van der Waals surface area contributed by atoms with Crippen LogP contribution in [0.2, 0.25) is 0 Å². The third kappa shape index (κ3) is 3.44. The Labute approximate surface area is 181 Å². The van der Waals surface area contributed by atoms with Crippen LogP contribution in [-0.4, -0.2) is 35.1 Å². The molecule has 0 radical (unpaired) electrons. The zero-order valence-corrected chi connectivity index (χ0v) is 17.3. The summed E-state index contributed by atoms with van der Waals surface area (Å²) in [5.74, 6) is 1.35. The van der Waals surface area contributed by atoms with Crippen LogP contribution in [-0.2, 0) is 19.8 Å². The van der Waals surface area contributed by atoms with Crippen LogP contribution < -0.4 is 0 Å². The highest BCUT2D eigenvalue weighted by Gasteiger charge is 2.35. The lowest BCUT2D eigenvalue weighted by atomic mass is 9.72. The summed E-state index contributed by atoms with van der Waals surface area (Å²) in [5, 5.41) is 25.2. The van der Waals surface area contributed by atoms with Gasteiger partial charge in [0.15, 0.2) is 0 Å². The van der Waals surface area contributed by atoms with Gasteiger partial charge in [0.2, 0.25) is 0 Å². The highest BCUT2D eigenvalue weighted by Crippen LogP contribution is 2.43. The zero-order valence-electron chi connectivity index (χ0n) is 17.3. The van der Waals surface area contributed by atoms with Crippen molar-refractivity contribution >= 4 is 10.9 Å². The Balaban J connectivity index is 1.64. The summed E-state index contributed by atoms with van der Waals surface area (Å²) in [4.78, 5) is 3.56. The molecule has 4 aromatic rings. The summed E-state index contributed by atoms with van der Waals surface area (Å²) in [7, 11) is 1.91. The van der Waals surface area contributed by atoms with Crippen LogP contribution in [0.4, 0.5) is 13.2 Å². The molecule has 0 spiro atoms. The monoisotopic (exact) mass is 442 g/mol. The number of nitrogens with zero attached hydrogens (tertiary/aromatic N) is 5. The molecule has 166 valence electrons. The van der Waals surface area contributed by atoms with Gasteiger partial charge in [0.1, 0.15) is 23.5 Å². The van der Waals surface area contributed by atoms with E-state index in [1.54, 1.807) is 6.33 Å². The summed E-state index contributed by atoms with van der Waals surface area (Å²) < 4.78 is 42.1. The number of rotatable bonds is 5. The molecule has 0 saturated heterocycles. The van der Waals surface area contributed by atoms with Crippen molar-refractivity contribution in [3.05, 3.63) is 59.4 Å². The highest BCUT2D eigenvalue weighted by molar-refractivity contribution is 5.94. The summed E-state index contributed by atoms with van der Waals surface area (Å²) in [6.45, 7) is -0.627. The van der Waals surface area contributed by atoms with Crippen molar-refractivity contribution in [2.75, 3.05) is 0 Å². The third-order valence-electron chi connectivity index (χ3n) is 6.23. The minimum absolute atomic E-state index is 0.0433. The summed E-state index contributed by atoms with van der Waals surface area (Å²) in [5.41, 5.74) is 1.24. The normalized spacial score (nSPS) is 15.8. The molecule has 3 aromatic heterocycles. The SMILES string of the molecule is Cn1cnnc1[C@@H](c1cccc(-c2n[nH]c3c(CO)nc(C(F)(F)F)cc23)c1)C1CCC1. The lowest BCUT2D eigenvalue weighted by Crippen LogP contribution is -2.24. The molecule has 0 bridgehead atoms. The molecular formula is C22H21F3N6O. The number of halogens is 3. The molecule has 10 heteroatoms. The lowest BCUT2D eigenvalue weighted by Gasteiger charge is -2.33. The average molecular weight is 442 g/mol. The van der Waals surface area contributed by atoms with Gasteiger partial charge in [-0.15, -0.1) is 10.2 Å². The van der Waals surface area contributed by atoms with E-state index in [9.17, 15) is 18.3 Å². The fourth-order valence-corrected chi connectivity index (χ4v) is 4.42. The van der Waals surface area contributed by atoms with Crippen molar-refractivity contribution in [3.63, 3.8) is 0 Å². The van der Waals surface area contributed by atoms with Crippen molar-refractivity contribution < 1.29 is 18.3 Å². The maximum atomic E-state index is 13.4. The van der Waals surface area contributed by atoms with Gasteiger partial charge in [-0.05, 0) is 36.5 Å². The van der Waals surface area contributed by atoms with Crippen LogP contribution in [0.3, 0.4) is 0 Å². The molecule has 7 nitrogen and oxygen atoms in total. The van der Waals surface area contributed by atoms with Crippen LogP contribution in [0.1, 0.15) is 48.0 Å². The Morgan fingerprint density at radius 3 is 2.69 bits per heavy atom. The minimum atomic E-state index is -4.63. The Hall–Kier alpha value is -3.27. The number of nitrogens with one attached hydrogen (secondary N) is 1. The van der Waals surface area contributed by atoms with Crippen molar-refractivity contribution in [1.82, 2.24) is 29.9 Å². The second kappa shape index (κ2) is 7.70. The number of hydrogen-bond donors (Lipinski definition) is 2. The summed E-state index contributed by atoms with van der Waals surface area (Å²) in [6.07, 6.45) is 0.393. The second-order valence-corrected chi connectivity index (χ2v) is 8.20. The molecule has 1 saturated carbocycles. The standard InChI is InChI=1S/C22H21F3N6O/c1-31-11-26-30-21(31)18(12-4-2-5-12)13-6-3-7-14(8-13)19-15-9-17(22(23,24)25)27-16(10-32)20(15)29-28-19/h3,6-9,11-12,18,32H,2,4-5,10H2,1H3,(H,28,29)/t18-/m1/s1. The average Bonchev–Trinajstić information content (AvgIpc) is 3.35. The van der Waals surface area contributed by atoms with E-state index in [1.165, 1.54) is 6.42 Å². The van der Waals surface area contributed by atoms with Crippen molar-refractivity contribution in [2.24, 2.45) is 13.0 Å². The number of hydrogen-bond acceptors (Lipinski definition) is 5. The number of aliphatic hydroxyl groups excluding tert-OH is 1. The first kappa shape index (κ1) is 20.6. The first-order valence-electron chi connectivity index (χ1n) is 10.4. The summed E-state index contributed by atoms with van der Waals surface area (Å²) in [6, 6.07) is 8.65. The van der Waals surface area contributed by atoms with E-state index in [2.05, 4.69) is 25.4 Å². The zero-order chi connectivity index (χ0) is 22.5. The van der Waals surface area contributed by atoms with Crippen LogP contribution in [0, 0.1) is 5.92 Å². The first-order valence-corrected chi connectivity index (χ1v) is 10.4. The second-order valence-electron chi connectivity index (χ2n) is 8.20. The van der Waals surface area contributed by atoms with E-state index in [4.69, 9.17) is 0 Å². The quantitative estimate of drug-likeness (QED) is 0.483. The number of pyridine rings is 1. The van der Waals surface area contributed by atoms with E-state index in [0.29, 0.717) is 22.7 Å². The maximum absolute atomic E-state index is 13.4. The molecule has 3 heterocycles. The molecule has 1 atom stereocenters. The van der Waals surface area contributed by atoms with Crippen LogP contribution in [0.25, 0.3) is 22.2 Å². The third-order valence-corrected chi connectivity index (χ3v) is 6.23. The number of alkyl halides is 3. The Kier molecular flexibility index (Phi) is 4.96. The number of aliphatic hydroxyl groups is 1. The van der Waals surface area contributed by atoms with E-state index in [1.807, 2.05) is 35.9 Å². The number of aryl methyl sites for hydroxylation is 1. The molecule has 0 amide bonds. The fraction of sp³-hybridized carbons (Fsp3) is 0.364. The number of benzene rings is 1. The van der Waals surface area contributed by atoms with E-state index < -0.39 is 18.5 Å². The van der Waals surface area contributed by atoms with E-state index in [0.717, 1.165) is 30.3 Å². The Morgan fingerprint density at radius 1 is 1.25 bits per heavy atom. The van der Waals surface area contributed by atoms with E-state index in [-0.39, 0.29) is 17.0 Å². The number of fused-ring (bicyclic) bond motifs is 1. The molecule has 1 aromatic carbocycles. The van der Waals surface area contributed by atoms with Gasteiger partial charge in [0, 0.05) is 23.9 Å². The van der Waals surface area contributed by atoms with Gasteiger partial charge >= 0.3 is 6.18 Å². The van der Waals surface area contributed by atoms with Crippen LogP contribution in [0.15, 0.2) is 36.7 Å². The molecule has 32 heavy (non-hydrogen) atoms. The van der Waals surface area contributed by atoms with Crippen LogP contribution in [0.5, 0.6) is 0 Å². The van der Waals surface area contributed by atoms with Crippen molar-refractivity contribution in [3.8, 4) is 11.3 Å². The van der Waals surface area contributed by atoms with Crippen LogP contribution >= 0.6 is 0 Å². The molecule has 2 N–H and O–H groups in total. The predicted molar refractivity (Wildman–Crippen MR) is 110 cm³/mol. The molecule has 1 aliphatic carbocycles. The molecule has 1 fully saturated rings. The van der Waals surface area contributed by atoms with Crippen molar-refractivity contribution in [1.29, 1.82) is 0 Å². The predicted octanol–water partition coefficient (Wildman–Crippen LogP) is 4.20.